The van der Waals surface area contributed by atoms with E-state index in [2.05, 4.69) is 290 Å². The molecule has 0 bridgehead atoms. The van der Waals surface area contributed by atoms with Crippen molar-refractivity contribution in [1.29, 1.82) is 0 Å². The summed E-state index contributed by atoms with van der Waals surface area (Å²) in [5, 5.41) is 4.90. The van der Waals surface area contributed by atoms with Gasteiger partial charge in [-0.05, 0) is 119 Å². The third-order valence-electron chi connectivity index (χ3n) is 14.5. The highest BCUT2D eigenvalue weighted by atomic mass is 15.1. The first kappa shape index (κ1) is 41.2. The average molecular weight is 890 g/mol. The van der Waals surface area contributed by atoms with Crippen LogP contribution in [0.15, 0.2) is 285 Å². The monoisotopic (exact) mass is 889 g/mol. The van der Waals surface area contributed by atoms with Crippen molar-refractivity contribution in [3.05, 3.63) is 307 Å². The van der Waals surface area contributed by atoms with Crippen LogP contribution in [-0.4, -0.2) is 0 Å². The Balaban J connectivity index is 1.07. The van der Waals surface area contributed by atoms with Crippen molar-refractivity contribution >= 4 is 38.6 Å². The summed E-state index contributed by atoms with van der Waals surface area (Å²) >= 11 is 0. The van der Waals surface area contributed by atoms with E-state index in [1.165, 1.54) is 77.2 Å². The van der Waals surface area contributed by atoms with Crippen LogP contribution >= 0.6 is 0 Å². The van der Waals surface area contributed by atoms with Crippen LogP contribution < -0.4 is 4.90 Å². The molecule has 12 aromatic carbocycles. The maximum absolute atomic E-state index is 2.51. The van der Waals surface area contributed by atoms with Crippen molar-refractivity contribution in [3.63, 3.8) is 0 Å². The summed E-state index contributed by atoms with van der Waals surface area (Å²) in [6.45, 7) is 0. The van der Waals surface area contributed by atoms with Gasteiger partial charge in [-0.15, -0.1) is 0 Å². The second-order valence-electron chi connectivity index (χ2n) is 18.3. The third-order valence-corrected chi connectivity index (χ3v) is 14.5. The van der Waals surface area contributed by atoms with Crippen LogP contribution in [-0.2, 0) is 5.41 Å². The van der Waals surface area contributed by atoms with E-state index in [4.69, 9.17) is 0 Å². The van der Waals surface area contributed by atoms with Gasteiger partial charge in [0, 0.05) is 16.8 Å². The predicted octanol–water partition coefficient (Wildman–Crippen LogP) is 18.5. The van der Waals surface area contributed by atoms with Crippen molar-refractivity contribution in [3.8, 4) is 55.6 Å². The highest BCUT2D eigenvalue weighted by molar-refractivity contribution is 6.09. The van der Waals surface area contributed by atoms with E-state index in [1.807, 2.05) is 0 Å². The van der Waals surface area contributed by atoms with Crippen LogP contribution in [0.1, 0.15) is 22.3 Å². The molecule has 0 atom stereocenters. The molecular formula is C69H47N. The normalized spacial score (nSPS) is 12.4. The Morgan fingerprint density at radius 2 is 0.743 bits per heavy atom. The second-order valence-corrected chi connectivity index (χ2v) is 18.3. The van der Waals surface area contributed by atoms with Gasteiger partial charge in [-0.2, -0.15) is 0 Å². The van der Waals surface area contributed by atoms with E-state index in [0.717, 1.165) is 39.3 Å². The molecule has 0 aromatic heterocycles. The van der Waals surface area contributed by atoms with Gasteiger partial charge < -0.3 is 4.90 Å². The number of para-hydroxylation sites is 2. The first-order valence-electron chi connectivity index (χ1n) is 24.3. The van der Waals surface area contributed by atoms with Crippen molar-refractivity contribution in [2.24, 2.45) is 0 Å². The van der Waals surface area contributed by atoms with Crippen LogP contribution in [0.4, 0.5) is 17.1 Å². The maximum atomic E-state index is 2.51. The molecule has 0 spiro atoms. The predicted molar refractivity (Wildman–Crippen MR) is 295 cm³/mol. The van der Waals surface area contributed by atoms with Gasteiger partial charge in [0.1, 0.15) is 0 Å². The molecule has 0 N–H and O–H groups in total. The molecule has 1 aliphatic rings. The van der Waals surface area contributed by atoms with Crippen LogP contribution in [0, 0.1) is 0 Å². The minimum absolute atomic E-state index is 0.525. The largest absolute Gasteiger partial charge is 0.309 e. The number of hydrogen-bond acceptors (Lipinski definition) is 1. The van der Waals surface area contributed by atoms with Gasteiger partial charge in [-0.25, -0.2) is 0 Å². The van der Waals surface area contributed by atoms with E-state index in [1.54, 1.807) is 0 Å². The summed E-state index contributed by atoms with van der Waals surface area (Å²) in [5.74, 6) is 0. The van der Waals surface area contributed by atoms with Gasteiger partial charge in [-0.3, -0.25) is 0 Å². The lowest BCUT2D eigenvalue weighted by Crippen LogP contribution is -2.28. The van der Waals surface area contributed by atoms with Gasteiger partial charge in [0.25, 0.3) is 0 Å². The third kappa shape index (κ3) is 6.70. The number of anilines is 3. The van der Waals surface area contributed by atoms with Crippen LogP contribution in [0.3, 0.4) is 0 Å². The number of rotatable bonds is 9. The molecule has 12 aromatic rings. The lowest BCUT2D eigenvalue weighted by Gasteiger charge is -2.34. The molecule has 0 fully saturated rings. The Labute approximate surface area is 409 Å². The molecule has 70 heavy (non-hydrogen) atoms. The van der Waals surface area contributed by atoms with Crippen molar-refractivity contribution in [1.82, 2.24) is 0 Å². The van der Waals surface area contributed by atoms with E-state index in [0.29, 0.717) is 0 Å². The van der Waals surface area contributed by atoms with E-state index in [-0.39, 0.29) is 0 Å². The molecule has 0 heterocycles. The Hall–Kier alpha value is -9.04. The lowest BCUT2D eigenvalue weighted by atomic mass is 9.67. The SMILES string of the molecule is c1ccc(-c2cccc3cccc(-c4ccccc4N(c4cccc(-c5cccc6ccccc56)c4)c4ccccc4-c4ccc5c(c4)C(c4ccccc4)(c4ccccc4)c4ccccc4-5)c23)cc1. The highest BCUT2D eigenvalue weighted by Gasteiger charge is 2.46. The van der Waals surface area contributed by atoms with Crippen molar-refractivity contribution < 1.29 is 0 Å². The number of nitrogens with zero attached hydrogens (tertiary/aromatic N) is 1. The number of fused-ring (bicyclic) bond motifs is 5. The minimum atomic E-state index is -0.525. The van der Waals surface area contributed by atoms with Crippen molar-refractivity contribution in [2.45, 2.75) is 5.41 Å². The number of hydrogen-bond donors (Lipinski definition) is 0. The lowest BCUT2D eigenvalue weighted by molar-refractivity contribution is 0.769. The fraction of sp³-hybridized carbons (Fsp3) is 0.0145. The Bertz CT molecular complexity index is 3840. The maximum Gasteiger partial charge on any atom is 0.0713 e. The molecule has 0 aliphatic heterocycles. The Morgan fingerprint density at radius 3 is 1.49 bits per heavy atom. The molecule has 0 amide bonds. The van der Waals surface area contributed by atoms with Gasteiger partial charge in [0.15, 0.2) is 0 Å². The highest BCUT2D eigenvalue weighted by Crippen LogP contribution is 2.57. The topological polar surface area (TPSA) is 3.24 Å². The smallest absolute Gasteiger partial charge is 0.0713 e. The molecule has 0 saturated heterocycles. The zero-order valence-corrected chi connectivity index (χ0v) is 38.6. The Kier molecular flexibility index (Phi) is 10.1. The van der Waals surface area contributed by atoms with Gasteiger partial charge >= 0.3 is 0 Å². The van der Waals surface area contributed by atoms with E-state index < -0.39 is 5.41 Å². The summed E-state index contributed by atoms with van der Waals surface area (Å²) in [4.78, 5) is 2.51. The molecule has 1 nitrogen and oxygen atoms in total. The first-order chi connectivity index (χ1) is 34.8. The standard InChI is InChI=1S/C69H47N/c1-4-22-49(23-5-1)59-39-20-26-50-27-21-40-63(68(50)59)62-37-14-17-43-67(62)70(55-33-18-28-51(46-55)57-38-19-25-48-24-10-11-34-56(48)57)66-42-16-13-35-58(66)52-44-45-61-60-36-12-15-41-64(60)69(65(61)47-52,53-29-6-2-7-30-53)54-31-8-3-9-32-54/h1-47H. The van der Waals surface area contributed by atoms with Crippen LogP contribution in [0.5, 0.6) is 0 Å². The van der Waals surface area contributed by atoms with Gasteiger partial charge in [0.2, 0.25) is 0 Å². The second kappa shape index (κ2) is 17.2. The molecule has 0 unspecified atom stereocenters. The van der Waals surface area contributed by atoms with E-state index in [9.17, 15) is 0 Å². The van der Waals surface area contributed by atoms with Crippen molar-refractivity contribution in [2.75, 3.05) is 4.90 Å². The zero-order chi connectivity index (χ0) is 46.4. The summed E-state index contributed by atoms with van der Waals surface area (Å²) in [6, 6.07) is 105. The molecule has 0 saturated carbocycles. The molecule has 1 heteroatoms. The summed E-state index contributed by atoms with van der Waals surface area (Å²) < 4.78 is 0. The molecule has 0 radical (unpaired) electrons. The summed E-state index contributed by atoms with van der Waals surface area (Å²) in [5.41, 5.74) is 19.8. The molecule has 13 rings (SSSR count). The van der Waals surface area contributed by atoms with Gasteiger partial charge in [-0.1, -0.05) is 255 Å². The van der Waals surface area contributed by atoms with E-state index >= 15 is 0 Å². The first-order valence-corrected chi connectivity index (χ1v) is 24.3. The molecular weight excluding hydrogens is 843 g/mol. The van der Waals surface area contributed by atoms with Gasteiger partial charge in [0.05, 0.1) is 16.8 Å². The fourth-order valence-corrected chi connectivity index (χ4v) is 11.5. The van der Waals surface area contributed by atoms with Crippen LogP contribution in [0.25, 0.3) is 77.2 Å². The summed E-state index contributed by atoms with van der Waals surface area (Å²) in [6.07, 6.45) is 0. The zero-order valence-electron chi connectivity index (χ0n) is 38.6. The quantitative estimate of drug-likeness (QED) is 0.140. The average Bonchev–Trinajstić information content (AvgIpc) is 3.74. The molecule has 328 valence electrons. The fourth-order valence-electron chi connectivity index (χ4n) is 11.5. The van der Waals surface area contributed by atoms with Crippen LogP contribution in [0.2, 0.25) is 0 Å². The molecule has 1 aliphatic carbocycles. The number of benzene rings is 12. The Morgan fingerprint density at radius 1 is 0.257 bits per heavy atom. The minimum Gasteiger partial charge on any atom is -0.309 e. The summed E-state index contributed by atoms with van der Waals surface area (Å²) in [7, 11) is 0.